The maximum atomic E-state index is 13.6. The molecule has 0 aromatic rings. The Bertz CT molecular complexity index is 746. The van der Waals surface area contributed by atoms with Crippen molar-refractivity contribution in [1.82, 2.24) is 0 Å². The van der Waals surface area contributed by atoms with Crippen LogP contribution in [0.5, 0.6) is 0 Å². The minimum Gasteiger partial charge on any atom is -0.459 e. The first-order chi connectivity index (χ1) is 13.9. The lowest BCUT2D eigenvalue weighted by Gasteiger charge is -2.63. The van der Waals surface area contributed by atoms with Crippen LogP contribution in [0.15, 0.2) is 0 Å². The largest absolute Gasteiger partial charge is 0.459 e. The second-order valence-corrected chi connectivity index (χ2v) is 10.6. The number of carbonyl (C=O) groups excluding carboxylic acids is 2. The van der Waals surface area contributed by atoms with Gasteiger partial charge in [-0.2, -0.15) is 13.2 Å². The Balaban J connectivity index is 1.91. The van der Waals surface area contributed by atoms with E-state index in [1.165, 1.54) is 0 Å². The SMILES string of the molecule is CCC(C)(C)C(=O)OC12CC3CC(O)(C1)CC(C(=O)OC(C(C)(F)F)C(F)(F)F)(C3)C2. The summed E-state index contributed by atoms with van der Waals surface area (Å²) in [7, 11) is 0. The topological polar surface area (TPSA) is 72.8 Å². The highest BCUT2D eigenvalue weighted by Crippen LogP contribution is 2.65. The third-order valence-corrected chi connectivity index (χ3v) is 7.15. The zero-order valence-electron chi connectivity index (χ0n) is 18.1. The van der Waals surface area contributed by atoms with Crippen LogP contribution >= 0.6 is 0 Å². The van der Waals surface area contributed by atoms with Crippen LogP contribution in [-0.4, -0.2) is 46.5 Å². The molecule has 31 heavy (non-hydrogen) atoms. The van der Waals surface area contributed by atoms with Crippen LogP contribution in [0.2, 0.25) is 0 Å². The third-order valence-electron chi connectivity index (χ3n) is 7.15. The number of carbonyl (C=O) groups is 2. The van der Waals surface area contributed by atoms with Gasteiger partial charge < -0.3 is 14.6 Å². The Morgan fingerprint density at radius 2 is 1.65 bits per heavy atom. The molecule has 0 spiro atoms. The molecular formula is C21H29F5O5. The molecule has 4 aliphatic carbocycles. The van der Waals surface area contributed by atoms with Gasteiger partial charge >= 0.3 is 18.1 Å². The minimum absolute atomic E-state index is 0.0434. The number of aliphatic hydroxyl groups is 1. The number of halogens is 5. The molecule has 4 aliphatic rings. The van der Waals surface area contributed by atoms with Gasteiger partial charge in [0.1, 0.15) is 5.60 Å². The van der Waals surface area contributed by atoms with E-state index in [-0.39, 0.29) is 38.5 Å². The molecule has 0 aliphatic heterocycles. The molecule has 5 nitrogen and oxygen atoms in total. The normalized spacial score (nSPS) is 36.3. The molecule has 4 saturated carbocycles. The smallest absolute Gasteiger partial charge is 0.431 e. The van der Waals surface area contributed by atoms with Crippen molar-refractivity contribution < 1.29 is 46.1 Å². The maximum Gasteiger partial charge on any atom is 0.431 e. The molecule has 0 aromatic carbocycles. The zero-order chi connectivity index (χ0) is 23.7. The number of hydrogen-bond donors (Lipinski definition) is 1. The first kappa shape index (κ1) is 24.2. The first-order valence-corrected chi connectivity index (χ1v) is 10.5. The van der Waals surface area contributed by atoms with Crippen molar-refractivity contribution in [3.63, 3.8) is 0 Å². The lowest BCUT2D eigenvalue weighted by molar-refractivity contribution is -0.287. The fourth-order valence-electron chi connectivity index (χ4n) is 5.81. The van der Waals surface area contributed by atoms with Gasteiger partial charge in [-0.3, -0.25) is 9.59 Å². The summed E-state index contributed by atoms with van der Waals surface area (Å²) in [5.74, 6) is -6.58. The molecule has 4 fully saturated rings. The van der Waals surface area contributed by atoms with E-state index in [0.29, 0.717) is 19.3 Å². The lowest BCUT2D eigenvalue weighted by Crippen LogP contribution is -2.67. The lowest BCUT2D eigenvalue weighted by atomic mass is 9.46. The van der Waals surface area contributed by atoms with E-state index in [1.54, 1.807) is 20.8 Å². The summed E-state index contributed by atoms with van der Waals surface area (Å²) in [5, 5.41) is 11.0. The van der Waals surface area contributed by atoms with E-state index in [1.807, 2.05) is 0 Å². The summed E-state index contributed by atoms with van der Waals surface area (Å²) in [5.41, 5.74) is -5.11. The minimum atomic E-state index is -5.46. The Labute approximate surface area is 177 Å². The van der Waals surface area contributed by atoms with E-state index in [0.717, 1.165) is 0 Å². The molecule has 0 heterocycles. The van der Waals surface area contributed by atoms with E-state index in [9.17, 15) is 36.6 Å². The highest BCUT2D eigenvalue weighted by Gasteiger charge is 2.69. The first-order valence-electron chi connectivity index (χ1n) is 10.5. The van der Waals surface area contributed by atoms with Crippen LogP contribution in [0.3, 0.4) is 0 Å². The van der Waals surface area contributed by atoms with Gasteiger partial charge in [0.25, 0.3) is 12.0 Å². The molecule has 4 bridgehead atoms. The fraction of sp³-hybridized carbons (Fsp3) is 0.905. The van der Waals surface area contributed by atoms with Gasteiger partial charge in [0.15, 0.2) is 0 Å². The average Bonchev–Trinajstić information content (AvgIpc) is 2.54. The van der Waals surface area contributed by atoms with Crippen molar-refractivity contribution in [2.75, 3.05) is 0 Å². The average molecular weight is 456 g/mol. The number of alkyl halides is 5. The Morgan fingerprint density at radius 1 is 1.03 bits per heavy atom. The summed E-state index contributed by atoms with van der Waals surface area (Å²) in [6, 6.07) is 0. The van der Waals surface area contributed by atoms with Gasteiger partial charge in [-0.15, -0.1) is 0 Å². The quantitative estimate of drug-likeness (QED) is 0.469. The molecular weight excluding hydrogens is 427 g/mol. The Kier molecular flexibility index (Phi) is 5.48. The molecule has 5 atom stereocenters. The van der Waals surface area contributed by atoms with Gasteiger partial charge in [0.05, 0.1) is 16.4 Å². The van der Waals surface area contributed by atoms with Crippen molar-refractivity contribution in [3.05, 3.63) is 0 Å². The summed E-state index contributed by atoms with van der Waals surface area (Å²) in [4.78, 5) is 25.6. The summed E-state index contributed by atoms with van der Waals surface area (Å²) in [6.07, 6.45) is -8.09. The second-order valence-electron chi connectivity index (χ2n) is 10.6. The van der Waals surface area contributed by atoms with Gasteiger partial charge in [-0.25, -0.2) is 8.78 Å². The van der Waals surface area contributed by atoms with Crippen LogP contribution in [0, 0.1) is 16.7 Å². The van der Waals surface area contributed by atoms with E-state index in [4.69, 9.17) is 4.74 Å². The van der Waals surface area contributed by atoms with Crippen molar-refractivity contribution in [3.8, 4) is 0 Å². The molecule has 0 amide bonds. The molecule has 4 rings (SSSR count). The van der Waals surface area contributed by atoms with E-state index >= 15 is 0 Å². The van der Waals surface area contributed by atoms with Crippen LogP contribution in [0.4, 0.5) is 22.0 Å². The van der Waals surface area contributed by atoms with Crippen molar-refractivity contribution in [2.45, 2.75) is 102 Å². The van der Waals surface area contributed by atoms with Crippen LogP contribution in [0.25, 0.3) is 0 Å². The highest BCUT2D eigenvalue weighted by atomic mass is 19.4. The molecule has 0 radical (unpaired) electrons. The van der Waals surface area contributed by atoms with Crippen molar-refractivity contribution in [1.29, 1.82) is 0 Å². The predicted octanol–water partition coefficient (Wildman–Crippen LogP) is 4.55. The zero-order valence-corrected chi connectivity index (χ0v) is 18.1. The van der Waals surface area contributed by atoms with E-state index in [2.05, 4.69) is 4.74 Å². The summed E-state index contributed by atoms with van der Waals surface area (Å²) >= 11 is 0. The summed E-state index contributed by atoms with van der Waals surface area (Å²) < 4.78 is 76.9. The molecule has 178 valence electrons. The molecule has 0 aromatic heterocycles. The predicted molar refractivity (Wildman–Crippen MR) is 98.0 cm³/mol. The monoisotopic (exact) mass is 456 g/mol. The van der Waals surface area contributed by atoms with E-state index < -0.39 is 52.2 Å². The molecule has 10 heteroatoms. The third kappa shape index (κ3) is 4.41. The number of hydrogen-bond acceptors (Lipinski definition) is 5. The molecule has 1 N–H and O–H groups in total. The molecule has 5 unspecified atom stereocenters. The van der Waals surface area contributed by atoms with Gasteiger partial charge in [0, 0.05) is 19.8 Å². The van der Waals surface area contributed by atoms with Gasteiger partial charge in [0.2, 0.25) is 0 Å². The van der Waals surface area contributed by atoms with Gasteiger partial charge in [-0.1, -0.05) is 6.92 Å². The standard InChI is InChI=1S/C21H29F5O5/c1-5-16(2,3)14(27)31-20-8-12-6-18(10-20,9-19(29,7-12)11-20)15(28)30-13(17(4,22)23)21(24,25)26/h12-13,29H,5-11H2,1-4H3. The van der Waals surface area contributed by atoms with Crippen molar-refractivity contribution in [2.24, 2.45) is 16.7 Å². The number of esters is 2. The second kappa shape index (κ2) is 7.02. The molecule has 0 saturated heterocycles. The van der Waals surface area contributed by atoms with Crippen molar-refractivity contribution >= 4 is 11.9 Å². The fourth-order valence-corrected chi connectivity index (χ4v) is 5.81. The van der Waals surface area contributed by atoms with Crippen LogP contribution < -0.4 is 0 Å². The van der Waals surface area contributed by atoms with Crippen LogP contribution in [-0.2, 0) is 19.1 Å². The maximum absolute atomic E-state index is 13.6. The Morgan fingerprint density at radius 3 is 2.13 bits per heavy atom. The van der Waals surface area contributed by atoms with Gasteiger partial charge in [-0.05, 0) is 51.9 Å². The number of rotatable bonds is 6. The Hall–Kier alpha value is -1.45. The summed E-state index contributed by atoms with van der Waals surface area (Å²) in [6.45, 7) is 5.22. The van der Waals surface area contributed by atoms with Crippen LogP contribution in [0.1, 0.15) is 72.6 Å². The highest BCUT2D eigenvalue weighted by molar-refractivity contribution is 5.79. The number of ether oxygens (including phenoxy) is 2.